The molecule has 0 atom stereocenters. The number of aromatic hydroxyl groups is 1. The first kappa shape index (κ1) is 20.9. The van der Waals surface area contributed by atoms with Crippen LogP contribution in [-0.4, -0.2) is 5.11 Å². The second-order valence-corrected chi connectivity index (χ2v) is 7.23. The van der Waals surface area contributed by atoms with Crippen molar-refractivity contribution < 1.29 is 5.11 Å². The summed E-state index contributed by atoms with van der Waals surface area (Å²) >= 11 is 0. The highest BCUT2D eigenvalue weighted by molar-refractivity contribution is 5.58. The number of phenolic OH excluding ortho intramolecular Hbond substituents is 1. The minimum absolute atomic E-state index is 0.315. The van der Waals surface area contributed by atoms with Gasteiger partial charge in [0.05, 0.1) is 5.69 Å². The van der Waals surface area contributed by atoms with E-state index in [4.69, 9.17) is 5.73 Å². The number of hydrogen-bond donors (Lipinski definition) is 2. The second kappa shape index (κ2) is 13.1. The zero-order valence-corrected chi connectivity index (χ0v) is 16.1. The number of unbranched alkanes of at least 4 members (excludes halogenated alkanes) is 10. The monoisotopic (exact) mass is 333 g/mol. The van der Waals surface area contributed by atoms with E-state index < -0.39 is 0 Å². The van der Waals surface area contributed by atoms with E-state index in [9.17, 15) is 5.11 Å². The summed E-state index contributed by atoms with van der Waals surface area (Å²) in [6.45, 7) is 4.50. The standard InChI is InChI=1S/C22H39NO/c1-3-5-7-9-11-13-15-19-17-20(22(24)21(23)18-19)16-14-12-10-8-6-4-2/h17-18,24H,3-16,23H2,1-2H3. The third-order valence-electron chi connectivity index (χ3n) is 4.90. The molecule has 0 heterocycles. The van der Waals surface area contributed by atoms with E-state index in [-0.39, 0.29) is 0 Å². The predicted molar refractivity (Wildman–Crippen MR) is 107 cm³/mol. The Kier molecular flexibility index (Phi) is 11.4. The highest BCUT2D eigenvalue weighted by Gasteiger charge is 2.08. The predicted octanol–water partition coefficient (Wildman–Crippen LogP) is 6.78. The summed E-state index contributed by atoms with van der Waals surface area (Å²) in [6.07, 6.45) is 17.6. The van der Waals surface area contributed by atoms with E-state index in [1.807, 2.05) is 6.07 Å². The molecule has 0 aromatic heterocycles. The lowest BCUT2D eigenvalue weighted by molar-refractivity contribution is 0.468. The molecule has 0 aliphatic rings. The molecule has 3 N–H and O–H groups in total. The summed E-state index contributed by atoms with van der Waals surface area (Å²) in [6, 6.07) is 4.15. The van der Waals surface area contributed by atoms with E-state index in [0.717, 1.165) is 24.8 Å². The fourth-order valence-electron chi connectivity index (χ4n) is 3.33. The van der Waals surface area contributed by atoms with Crippen LogP contribution in [0.15, 0.2) is 12.1 Å². The summed E-state index contributed by atoms with van der Waals surface area (Å²) in [4.78, 5) is 0. The molecule has 0 saturated carbocycles. The molecule has 1 aromatic rings. The van der Waals surface area contributed by atoms with Crippen molar-refractivity contribution in [3.8, 4) is 5.75 Å². The average Bonchev–Trinajstić information content (AvgIpc) is 2.58. The topological polar surface area (TPSA) is 46.2 Å². The number of aryl methyl sites for hydroxylation is 2. The van der Waals surface area contributed by atoms with Gasteiger partial charge in [0.2, 0.25) is 0 Å². The number of anilines is 1. The number of benzene rings is 1. The van der Waals surface area contributed by atoms with Crippen LogP contribution in [0.3, 0.4) is 0 Å². The maximum Gasteiger partial charge on any atom is 0.141 e. The van der Waals surface area contributed by atoms with Crippen LogP contribution >= 0.6 is 0 Å². The van der Waals surface area contributed by atoms with Gasteiger partial charge in [-0.2, -0.15) is 0 Å². The van der Waals surface area contributed by atoms with Gasteiger partial charge in [0.1, 0.15) is 5.75 Å². The molecule has 0 aliphatic heterocycles. The molecule has 24 heavy (non-hydrogen) atoms. The van der Waals surface area contributed by atoms with Crippen molar-refractivity contribution in [1.82, 2.24) is 0 Å². The molecule has 0 fully saturated rings. The Hall–Kier alpha value is -1.18. The number of hydrogen-bond acceptors (Lipinski definition) is 2. The highest BCUT2D eigenvalue weighted by Crippen LogP contribution is 2.29. The fourth-order valence-corrected chi connectivity index (χ4v) is 3.33. The molecular weight excluding hydrogens is 294 g/mol. The minimum atomic E-state index is 0.315. The van der Waals surface area contributed by atoms with Crippen LogP contribution < -0.4 is 5.73 Å². The zero-order valence-electron chi connectivity index (χ0n) is 16.1. The number of rotatable bonds is 14. The summed E-state index contributed by atoms with van der Waals surface area (Å²) in [5, 5.41) is 10.2. The lowest BCUT2D eigenvalue weighted by atomic mass is 9.98. The molecule has 1 rings (SSSR count). The van der Waals surface area contributed by atoms with Gasteiger partial charge in [-0.05, 0) is 42.9 Å². The van der Waals surface area contributed by atoms with Crippen molar-refractivity contribution in [2.45, 2.75) is 104 Å². The van der Waals surface area contributed by atoms with E-state index in [0.29, 0.717) is 11.4 Å². The van der Waals surface area contributed by atoms with Crippen LogP contribution in [0, 0.1) is 0 Å². The van der Waals surface area contributed by atoms with Crippen LogP contribution in [-0.2, 0) is 12.8 Å². The Morgan fingerprint density at radius 1 is 0.708 bits per heavy atom. The van der Waals surface area contributed by atoms with Crippen LogP contribution in [0.4, 0.5) is 5.69 Å². The van der Waals surface area contributed by atoms with Crippen LogP contribution in [0.2, 0.25) is 0 Å². The van der Waals surface area contributed by atoms with Crippen LogP contribution in [0.1, 0.15) is 102 Å². The SMILES string of the molecule is CCCCCCCCc1cc(N)c(O)c(CCCCCCCC)c1. The average molecular weight is 334 g/mol. The van der Waals surface area contributed by atoms with Gasteiger partial charge in [-0.1, -0.05) is 84.1 Å². The molecule has 0 bridgehead atoms. The summed E-state index contributed by atoms with van der Waals surface area (Å²) in [5.74, 6) is 0.315. The molecule has 138 valence electrons. The first-order chi connectivity index (χ1) is 11.7. The van der Waals surface area contributed by atoms with Gasteiger partial charge in [-0.3, -0.25) is 0 Å². The molecule has 2 heteroatoms. The zero-order chi connectivity index (χ0) is 17.6. The lowest BCUT2D eigenvalue weighted by Crippen LogP contribution is -1.97. The van der Waals surface area contributed by atoms with Gasteiger partial charge in [0, 0.05) is 0 Å². The van der Waals surface area contributed by atoms with Crippen molar-refractivity contribution in [3.63, 3.8) is 0 Å². The van der Waals surface area contributed by atoms with Crippen molar-refractivity contribution in [3.05, 3.63) is 23.3 Å². The number of nitrogens with two attached hydrogens (primary N) is 1. The van der Waals surface area contributed by atoms with E-state index in [1.54, 1.807) is 0 Å². The lowest BCUT2D eigenvalue weighted by Gasteiger charge is -2.11. The Morgan fingerprint density at radius 3 is 1.79 bits per heavy atom. The summed E-state index contributed by atoms with van der Waals surface area (Å²) in [7, 11) is 0. The molecule has 0 saturated heterocycles. The summed E-state index contributed by atoms with van der Waals surface area (Å²) in [5.41, 5.74) is 8.91. The third-order valence-corrected chi connectivity index (χ3v) is 4.90. The smallest absolute Gasteiger partial charge is 0.141 e. The van der Waals surface area contributed by atoms with E-state index >= 15 is 0 Å². The molecule has 0 aliphatic carbocycles. The molecule has 0 unspecified atom stereocenters. The van der Waals surface area contributed by atoms with Gasteiger partial charge >= 0.3 is 0 Å². The molecule has 1 aromatic carbocycles. The normalized spacial score (nSPS) is 11.1. The highest BCUT2D eigenvalue weighted by atomic mass is 16.3. The fraction of sp³-hybridized carbons (Fsp3) is 0.727. The van der Waals surface area contributed by atoms with Gasteiger partial charge < -0.3 is 10.8 Å². The van der Waals surface area contributed by atoms with Crippen molar-refractivity contribution >= 4 is 5.69 Å². The molecule has 0 amide bonds. The van der Waals surface area contributed by atoms with Gasteiger partial charge in [0.25, 0.3) is 0 Å². The van der Waals surface area contributed by atoms with Crippen molar-refractivity contribution in [1.29, 1.82) is 0 Å². The Morgan fingerprint density at radius 2 is 1.21 bits per heavy atom. The maximum atomic E-state index is 10.2. The van der Waals surface area contributed by atoms with Crippen LogP contribution in [0.5, 0.6) is 5.75 Å². The quantitative estimate of drug-likeness (QED) is 0.224. The van der Waals surface area contributed by atoms with Crippen LogP contribution in [0.25, 0.3) is 0 Å². The largest absolute Gasteiger partial charge is 0.506 e. The van der Waals surface area contributed by atoms with Gasteiger partial charge in [-0.15, -0.1) is 0 Å². The molecular formula is C22H39NO. The summed E-state index contributed by atoms with van der Waals surface area (Å²) < 4.78 is 0. The second-order valence-electron chi connectivity index (χ2n) is 7.23. The Bertz CT molecular complexity index is 442. The maximum absolute atomic E-state index is 10.2. The first-order valence-corrected chi connectivity index (χ1v) is 10.3. The molecule has 0 radical (unpaired) electrons. The van der Waals surface area contributed by atoms with Crippen molar-refractivity contribution in [2.75, 3.05) is 5.73 Å². The van der Waals surface area contributed by atoms with E-state index in [2.05, 4.69) is 19.9 Å². The Balaban J connectivity index is 2.38. The molecule has 2 nitrogen and oxygen atoms in total. The minimum Gasteiger partial charge on any atom is -0.506 e. The number of nitrogen functional groups attached to an aromatic ring is 1. The van der Waals surface area contributed by atoms with Gasteiger partial charge in [-0.25, -0.2) is 0 Å². The molecule has 0 spiro atoms. The third kappa shape index (κ3) is 8.61. The first-order valence-electron chi connectivity index (χ1n) is 10.3. The Labute approximate surface area is 149 Å². The number of phenols is 1. The van der Waals surface area contributed by atoms with Gasteiger partial charge in [0.15, 0.2) is 0 Å². The van der Waals surface area contributed by atoms with E-state index in [1.165, 1.54) is 76.2 Å². The van der Waals surface area contributed by atoms with Crippen molar-refractivity contribution in [2.24, 2.45) is 0 Å².